The first-order valence-electron chi connectivity index (χ1n) is 9.06. The number of fused-ring (bicyclic) bond motifs is 2. The SMILES string of the molecule is OC1CN(c2nc(-c3ccc4c(c3)CNCC4)c3c(n2)C(F)(F)CC3)C1. The minimum atomic E-state index is -2.92. The van der Waals surface area contributed by atoms with Crippen molar-refractivity contribution in [3.63, 3.8) is 0 Å². The Balaban J connectivity index is 1.64. The number of hydrogen-bond donors (Lipinski definition) is 2. The Morgan fingerprint density at radius 2 is 2.00 bits per heavy atom. The highest BCUT2D eigenvalue weighted by Crippen LogP contribution is 2.44. The summed E-state index contributed by atoms with van der Waals surface area (Å²) in [6, 6.07) is 6.13. The normalized spacial score (nSPS) is 21.3. The van der Waals surface area contributed by atoms with E-state index in [0.29, 0.717) is 30.3 Å². The van der Waals surface area contributed by atoms with Crippen LogP contribution in [0.4, 0.5) is 14.7 Å². The van der Waals surface area contributed by atoms with Crippen LogP contribution in [0, 0.1) is 0 Å². The number of rotatable bonds is 2. The van der Waals surface area contributed by atoms with E-state index in [1.54, 1.807) is 4.90 Å². The van der Waals surface area contributed by atoms with Gasteiger partial charge in [-0.2, -0.15) is 8.78 Å². The molecule has 2 N–H and O–H groups in total. The predicted octanol–water partition coefficient (Wildman–Crippen LogP) is 2.01. The van der Waals surface area contributed by atoms with Crippen LogP contribution in [0.5, 0.6) is 0 Å². The Hall–Kier alpha value is -2.12. The molecule has 2 aromatic rings. The molecular weight excluding hydrogens is 338 g/mol. The van der Waals surface area contributed by atoms with E-state index in [1.807, 2.05) is 6.07 Å². The predicted molar refractivity (Wildman–Crippen MR) is 93.3 cm³/mol. The molecule has 0 amide bonds. The van der Waals surface area contributed by atoms with Crippen LogP contribution in [0.2, 0.25) is 0 Å². The van der Waals surface area contributed by atoms with E-state index in [2.05, 4.69) is 27.4 Å². The summed E-state index contributed by atoms with van der Waals surface area (Å²) in [6.45, 7) is 2.52. The Morgan fingerprint density at radius 1 is 1.15 bits per heavy atom. The van der Waals surface area contributed by atoms with Gasteiger partial charge in [0.25, 0.3) is 5.92 Å². The van der Waals surface area contributed by atoms with Crippen molar-refractivity contribution < 1.29 is 13.9 Å². The molecule has 1 aromatic heterocycles. The summed E-state index contributed by atoms with van der Waals surface area (Å²) in [5.41, 5.74) is 4.39. The molecule has 5 nitrogen and oxygen atoms in total. The van der Waals surface area contributed by atoms with Gasteiger partial charge in [-0.15, -0.1) is 0 Å². The number of nitrogens with one attached hydrogen (secondary N) is 1. The number of β-amino-alcohol motifs (C(OH)–C–C–N with tert-alkyl or cyclic N) is 1. The summed E-state index contributed by atoms with van der Waals surface area (Å²) in [7, 11) is 0. The maximum absolute atomic E-state index is 14.4. The van der Waals surface area contributed by atoms with E-state index in [0.717, 1.165) is 25.1 Å². The molecule has 136 valence electrons. The van der Waals surface area contributed by atoms with Gasteiger partial charge in [-0.05, 0) is 36.6 Å². The van der Waals surface area contributed by atoms with Crippen LogP contribution in [0.1, 0.15) is 28.8 Å². The number of benzene rings is 1. The van der Waals surface area contributed by atoms with Crippen LogP contribution in [0.25, 0.3) is 11.3 Å². The summed E-state index contributed by atoms with van der Waals surface area (Å²) in [5.74, 6) is -2.62. The van der Waals surface area contributed by atoms with Crippen LogP contribution >= 0.6 is 0 Å². The lowest BCUT2D eigenvalue weighted by Crippen LogP contribution is -2.51. The van der Waals surface area contributed by atoms with E-state index < -0.39 is 12.0 Å². The van der Waals surface area contributed by atoms with E-state index >= 15 is 0 Å². The largest absolute Gasteiger partial charge is 0.389 e. The highest BCUT2D eigenvalue weighted by atomic mass is 19.3. The molecule has 1 aliphatic carbocycles. The second-order valence-corrected chi connectivity index (χ2v) is 7.37. The smallest absolute Gasteiger partial charge is 0.290 e. The first-order valence-corrected chi connectivity index (χ1v) is 9.06. The Kier molecular flexibility index (Phi) is 3.52. The molecule has 1 aromatic carbocycles. The highest BCUT2D eigenvalue weighted by Gasteiger charge is 2.44. The number of halogens is 2. The fourth-order valence-corrected chi connectivity index (χ4v) is 4.04. The van der Waals surface area contributed by atoms with Crippen molar-refractivity contribution in [2.24, 2.45) is 0 Å². The van der Waals surface area contributed by atoms with Gasteiger partial charge < -0.3 is 15.3 Å². The Labute approximate surface area is 150 Å². The summed E-state index contributed by atoms with van der Waals surface area (Å²) >= 11 is 0. The summed E-state index contributed by atoms with van der Waals surface area (Å²) in [5, 5.41) is 12.9. The minimum absolute atomic E-state index is 0.144. The first-order chi connectivity index (χ1) is 12.5. The van der Waals surface area contributed by atoms with Gasteiger partial charge in [-0.3, -0.25) is 0 Å². The molecule has 2 aliphatic heterocycles. The molecule has 0 atom stereocenters. The van der Waals surface area contributed by atoms with E-state index in [4.69, 9.17) is 0 Å². The molecule has 1 fully saturated rings. The van der Waals surface area contributed by atoms with Gasteiger partial charge >= 0.3 is 0 Å². The maximum atomic E-state index is 14.4. The molecule has 7 heteroatoms. The fourth-order valence-electron chi connectivity index (χ4n) is 4.04. The molecule has 0 saturated carbocycles. The lowest BCUT2D eigenvalue weighted by atomic mass is 9.96. The van der Waals surface area contributed by atoms with Gasteiger partial charge in [0.15, 0.2) is 0 Å². The second-order valence-electron chi connectivity index (χ2n) is 7.37. The monoisotopic (exact) mass is 358 g/mol. The number of alkyl halides is 2. The fraction of sp³-hybridized carbons (Fsp3) is 0.474. The number of aliphatic hydroxyl groups excluding tert-OH is 1. The summed E-state index contributed by atoms with van der Waals surface area (Å²) in [4.78, 5) is 10.6. The van der Waals surface area contributed by atoms with Gasteiger partial charge in [0.1, 0.15) is 5.69 Å². The van der Waals surface area contributed by atoms with Crippen molar-refractivity contribution in [2.75, 3.05) is 24.5 Å². The van der Waals surface area contributed by atoms with Crippen molar-refractivity contribution >= 4 is 5.95 Å². The van der Waals surface area contributed by atoms with E-state index in [1.165, 1.54) is 11.1 Å². The molecular formula is C19H20F2N4O. The van der Waals surface area contributed by atoms with Gasteiger partial charge in [0.05, 0.1) is 11.8 Å². The number of hydrogen-bond acceptors (Lipinski definition) is 5. The van der Waals surface area contributed by atoms with Crippen LogP contribution in [-0.4, -0.2) is 40.8 Å². The second kappa shape index (κ2) is 5.69. The zero-order valence-electron chi connectivity index (χ0n) is 14.3. The van der Waals surface area contributed by atoms with Crippen molar-refractivity contribution in [3.8, 4) is 11.3 Å². The van der Waals surface area contributed by atoms with E-state index in [-0.39, 0.29) is 18.5 Å². The zero-order valence-corrected chi connectivity index (χ0v) is 14.3. The van der Waals surface area contributed by atoms with Gasteiger partial charge in [0, 0.05) is 37.2 Å². The van der Waals surface area contributed by atoms with Crippen molar-refractivity contribution in [1.82, 2.24) is 15.3 Å². The zero-order chi connectivity index (χ0) is 17.9. The first kappa shape index (κ1) is 16.1. The van der Waals surface area contributed by atoms with Crippen LogP contribution in [-0.2, 0) is 25.3 Å². The maximum Gasteiger partial charge on any atom is 0.290 e. The molecule has 0 spiro atoms. The topological polar surface area (TPSA) is 61.3 Å². The highest BCUT2D eigenvalue weighted by molar-refractivity contribution is 5.68. The third-order valence-corrected chi connectivity index (χ3v) is 5.54. The average Bonchev–Trinajstić information content (AvgIpc) is 2.93. The van der Waals surface area contributed by atoms with Crippen LogP contribution in [0.15, 0.2) is 18.2 Å². The molecule has 26 heavy (non-hydrogen) atoms. The quantitative estimate of drug-likeness (QED) is 0.860. The van der Waals surface area contributed by atoms with Crippen molar-refractivity contribution in [3.05, 3.63) is 40.6 Å². The summed E-state index contributed by atoms with van der Waals surface area (Å²) < 4.78 is 28.8. The lowest BCUT2D eigenvalue weighted by Gasteiger charge is -2.36. The Morgan fingerprint density at radius 3 is 2.81 bits per heavy atom. The molecule has 0 radical (unpaired) electrons. The number of anilines is 1. The third kappa shape index (κ3) is 2.49. The molecule has 1 saturated heterocycles. The number of aliphatic hydroxyl groups is 1. The molecule has 0 unspecified atom stereocenters. The molecule has 5 rings (SSSR count). The third-order valence-electron chi connectivity index (χ3n) is 5.54. The van der Waals surface area contributed by atoms with Gasteiger partial charge in [-0.1, -0.05) is 12.1 Å². The molecule has 3 aliphatic rings. The summed E-state index contributed by atoms with van der Waals surface area (Å²) in [6.07, 6.45) is 0.607. The minimum Gasteiger partial charge on any atom is -0.389 e. The average molecular weight is 358 g/mol. The van der Waals surface area contributed by atoms with E-state index in [9.17, 15) is 13.9 Å². The number of aromatic nitrogens is 2. The van der Waals surface area contributed by atoms with Gasteiger partial charge in [-0.25, -0.2) is 9.97 Å². The van der Waals surface area contributed by atoms with Crippen molar-refractivity contribution in [2.45, 2.75) is 37.8 Å². The van der Waals surface area contributed by atoms with Crippen LogP contribution in [0.3, 0.4) is 0 Å². The lowest BCUT2D eigenvalue weighted by molar-refractivity contribution is -0.00596. The molecule has 3 heterocycles. The van der Waals surface area contributed by atoms with Crippen LogP contribution < -0.4 is 10.2 Å². The van der Waals surface area contributed by atoms with Gasteiger partial charge in [0.2, 0.25) is 5.95 Å². The standard InChI is InChI=1S/C19H20F2N4O/c20-19(21)5-3-15-16(12-2-1-11-4-6-22-8-13(11)7-12)23-18(24-17(15)19)25-9-14(26)10-25/h1-2,7,14,22,26H,3-6,8-10H2. The Bertz CT molecular complexity index is 880. The molecule has 0 bridgehead atoms. The number of nitrogens with zero attached hydrogens (tertiary/aromatic N) is 3. The van der Waals surface area contributed by atoms with Crippen molar-refractivity contribution in [1.29, 1.82) is 0 Å².